The van der Waals surface area contributed by atoms with Crippen LogP contribution in [0, 0.1) is 29.6 Å². The zero-order chi connectivity index (χ0) is 36.2. The number of ketones is 1. The van der Waals surface area contributed by atoms with E-state index in [1.807, 2.05) is 55.5 Å². The van der Waals surface area contributed by atoms with Gasteiger partial charge in [-0.3, -0.25) is 9.78 Å². The number of sulfone groups is 1. The smallest absolute Gasteiger partial charge is 0.161 e. The highest BCUT2D eigenvalue weighted by Gasteiger charge is 2.17. The molecule has 5 rings (SSSR count). The van der Waals surface area contributed by atoms with E-state index < -0.39 is 9.84 Å². The predicted molar refractivity (Wildman–Crippen MR) is 191 cm³/mol. The Bertz CT molecular complexity index is 2070. The number of hydrogen-bond acceptors (Lipinski definition) is 11. The number of fused-ring (bicyclic) bond motifs is 1. The molecule has 1 N–H and O–H groups in total. The summed E-state index contributed by atoms with van der Waals surface area (Å²) in [4.78, 5) is 16.3. The number of Topliss-reactive ketones (excluding diaryl/α,β-unsaturated/α-hetero) is 1. The molecule has 1 aliphatic rings. The maximum Gasteiger partial charge on any atom is 0.161 e. The van der Waals surface area contributed by atoms with Gasteiger partial charge in [0, 0.05) is 60.8 Å². The number of pyridine rings is 1. The fourth-order valence-corrected chi connectivity index (χ4v) is 6.36. The summed E-state index contributed by atoms with van der Waals surface area (Å²) in [7, 11) is -3.08. The number of carbonyl (C=O) groups is 1. The number of nitrogens with one attached hydrogen (secondary N) is 1. The summed E-state index contributed by atoms with van der Waals surface area (Å²) in [5.74, 6) is 2.55. The van der Waals surface area contributed by atoms with Gasteiger partial charge in [0.1, 0.15) is 65.7 Å². The van der Waals surface area contributed by atoms with Crippen LogP contribution in [-0.4, -0.2) is 51.0 Å². The highest BCUT2D eigenvalue weighted by atomic mass is 32.2. The van der Waals surface area contributed by atoms with Gasteiger partial charge in [0.15, 0.2) is 11.5 Å². The zero-order valence-electron chi connectivity index (χ0n) is 28.7. The molecule has 0 saturated heterocycles. The predicted octanol–water partition coefficient (Wildman–Crippen LogP) is 5.99. The van der Waals surface area contributed by atoms with Crippen LogP contribution in [0.2, 0.25) is 0 Å². The molecule has 2 heterocycles. The van der Waals surface area contributed by atoms with Gasteiger partial charge < -0.3 is 24.3 Å². The van der Waals surface area contributed by atoms with Crippen molar-refractivity contribution in [2.24, 2.45) is 0 Å². The van der Waals surface area contributed by atoms with E-state index in [0.717, 1.165) is 33.4 Å². The highest BCUT2D eigenvalue weighted by molar-refractivity contribution is 7.90. The van der Waals surface area contributed by atoms with Crippen molar-refractivity contribution < 1.29 is 32.2 Å². The lowest BCUT2D eigenvalue weighted by atomic mass is 9.96. The van der Waals surface area contributed by atoms with Crippen LogP contribution in [0.15, 0.2) is 67.0 Å². The molecule has 0 saturated carbocycles. The number of nitriles is 2. The van der Waals surface area contributed by atoms with Gasteiger partial charge in [-0.1, -0.05) is 24.3 Å². The third kappa shape index (κ3) is 10.5. The van der Waals surface area contributed by atoms with Crippen LogP contribution >= 0.6 is 0 Å². The van der Waals surface area contributed by atoms with Crippen LogP contribution in [0.1, 0.15) is 59.1 Å². The van der Waals surface area contributed by atoms with E-state index in [4.69, 9.17) is 18.9 Å². The van der Waals surface area contributed by atoms with Crippen LogP contribution < -0.4 is 24.3 Å². The second-order valence-corrected chi connectivity index (χ2v) is 14.6. The normalized spacial score (nSPS) is 12.1. The van der Waals surface area contributed by atoms with E-state index >= 15 is 0 Å². The molecule has 0 amide bonds. The Morgan fingerprint density at radius 1 is 0.902 bits per heavy atom. The lowest BCUT2D eigenvalue weighted by Crippen LogP contribution is -2.17. The van der Waals surface area contributed by atoms with Crippen LogP contribution in [-0.2, 0) is 34.4 Å². The van der Waals surface area contributed by atoms with Crippen molar-refractivity contribution >= 4 is 15.6 Å². The maximum atomic E-state index is 12.2. The molecule has 4 aromatic rings. The summed E-state index contributed by atoms with van der Waals surface area (Å²) in [6.07, 6.45) is 5.90. The van der Waals surface area contributed by atoms with Crippen molar-refractivity contribution in [1.29, 1.82) is 10.5 Å². The first-order valence-corrected chi connectivity index (χ1v) is 18.7. The largest absolute Gasteiger partial charge is 0.488 e. The summed E-state index contributed by atoms with van der Waals surface area (Å²) in [5.41, 5.74) is 5.75. The molecule has 0 fully saturated rings. The molecule has 3 aromatic carbocycles. The molecular formula is C39H40N4O7S. The van der Waals surface area contributed by atoms with E-state index in [1.54, 1.807) is 12.3 Å². The van der Waals surface area contributed by atoms with Crippen molar-refractivity contribution in [3.05, 3.63) is 100 Å². The third-order valence-corrected chi connectivity index (χ3v) is 9.30. The number of rotatable bonds is 17. The molecule has 0 aliphatic carbocycles. The minimum atomic E-state index is -3.08. The summed E-state index contributed by atoms with van der Waals surface area (Å²) < 4.78 is 46.7. The van der Waals surface area contributed by atoms with Gasteiger partial charge in [-0.05, 0) is 67.3 Å². The van der Waals surface area contributed by atoms with Crippen molar-refractivity contribution in [2.75, 3.05) is 31.8 Å². The number of hydrogen-bond donors (Lipinski definition) is 1. The fourth-order valence-electron chi connectivity index (χ4n) is 5.70. The van der Waals surface area contributed by atoms with Crippen LogP contribution in [0.4, 0.5) is 0 Å². The van der Waals surface area contributed by atoms with Crippen LogP contribution in [0.25, 0.3) is 11.1 Å². The molecule has 1 aliphatic heterocycles. The summed E-state index contributed by atoms with van der Waals surface area (Å²) in [5, 5.41) is 22.9. The average Bonchev–Trinajstić information content (AvgIpc) is 3.13. The standard InChI is InChI=1S/C39H40N4O7S/c1-27-16-32(24-42-12-4-7-33(44)8-5-15-51(2,45)46)38(49-25-29-17-28(20-40)22-43-23-29)19-37(27)50-26-31-6-3-9-34(35(31)21-41)30-10-11-36-39(18-30)48-14-13-47-36/h3,6,9-11,16-19,22-23,42H,4-5,7-8,12-15,24-26H2,1-2H3. The Morgan fingerprint density at radius 2 is 1.69 bits per heavy atom. The molecule has 0 spiro atoms. The number of ether oxygens (including phenoxy) is 4. The van der Waals surface area contributed by atoms with Crippen molar-refractivity contribution in [3.63, 3.8) is 0 Å². The second-order valence-electron chi connectivity index (χ2n) is 12.4. The number of nitrogens with zero attached hydrogens (tertiary/aromatic N) is 3. The molecular weight excluding hydrogens is 669 g/mol. The van der Waals surface area contributed by atoms with E-state index in [-0.39, 0.29) is 31.2 Å². The Morgan fingerprint density at radius 3 is 2.47 bits per heavy atom. The van der Waals surface area contributed by atoms with E-state index in [9.17, 15) is 23.7 Å². The van der Waals surface area contributed by atoms with E-state index in [0.29, 0.717) is 79.7 Å². The summed E-state index contributed by atoms with van der Waals surface area (Å²) in [6.45, 7) is 4.27. The van der Waals surface area contributed by atoms with Crippen LogP contribution in [0.5, 0.6) is 23.0 Å². The van der Waals surface area contributed by atoms with Crippen molar-refractivity contribution in [3.8, 4) is 46.3 Å². The first kappa shape index (κ1) is 36.8. The third-order valence-electron chi connectivity index (χ3n) is 8.27. The molecule has 12 heteroatoms. The van der Waals surface area contributed by atoms with Gasteiger partial charge in [0.25, 0.3) is 0 Å². The second kappa shape index (κ2) is 17.5. The van der Waals surface area contributed by atoms with Gasteiger partial charge in [-0.2, -0.15) is 10.5 Å². The number of aryl methyl sites for hydroxylation is 1. The molecule has 0 atom stereocenters. The summed E-state index contributed by atoms with van der Waals surface area (Å²) in [6, 6.07) is 21.3. The van der Waals surface area contributed by atoms with Gasteiger partial charge in [0.2, 0.25) is 0 Å². The minimum Gasteiger partial charge on any atom is -0.488 e. The lowest BCUT2D eigenvalue weighted by molar-refractivity contribution is -0.119. The first-order valence-electron chi connectivity index (χ1n) is 16.7. The van der Waals surface area contributed by atoms with Gasteiger partial charge in [0.05, 0.1) is 16.9 Å². The number of carbonyl (C=O) groups excluding carboxylic acids is 1. The average molecular weight is 709 g/mol. The number of aromatic nitrogens is 1. The molecule has 1 aromatic heterocycles. The van der Waals surface area contributed by atoms with Crippen molar-refractivity contribution in [1.82, 2.24) is 10.3 Å². The van der Waals surface area contributed by atoms with E-state index in [1.165, 1.54) is 12.5 Å². The molecule has 0 unspecified atom stereocenters. The highest BCUT2D eigenvalue weighted by Crippen LogP contribution is 2.37. The Balaban J connectivity index is 1.28. The lowest BCUT2D eigenvalue weighted by Gasteiger charge is -2.19. The molecule has 51 heavy (non-hydrogen) atoms. The first-order chi connectivity index (χ1) is 24.6. The topological polar surface area (TPSA) is 161 Å². The van der Waals surface area contributed by atoms with Crippen molar-refractivity contribution in [2.45, 2.75) is 52.4 Å². The minimum absolute atomic E-state index is 0.0166. The maximum absolute atomic E-state index is 12.2. The fraction of sp³-hybridized carbons (Fsp3) is 0.333. The van der Waals surface area contributed by atoms with Gasteiger partial charge >= 0.3 is 0 Å². The quantitative estimate of drug-likeness (QED) is 0.128. The molecule has 0 bridgehead atoms. The van der Waals surface area contributed by atoms with Gasteiger partial charge in [-0.25, -0.2) is 8.42 Å². The summed E-state index contributed by atoms with van der Waals surface area (Å²) >= 11 is 0. The molecule has 0 radical (unpaired) electrons. The Labute approximate surface area is 298 Å². The Hall–Kier alpha value is -5.43. The van der Waals surface area contributed by atoms with E-state index in [2.05, 4.69) is 22.4 Å². The zero-order valence-corrected chi connectivity index (χ0v) is 29.6. The van der Waals surface area contributed by atoms with Crippen LogP contribution in [0.3, 0.4) is 0 Å². The number of benzene rings is 3. The molecule has 11 nitrogen and oxygen atoms in total. The molecule has 264 valence electrons. The SMILES string of the molecule is Cc1cc(CNCCCC(=O)CCCS(C)(=O)=O)c(OCc2cncc(C#N)c2)cc1OCc1cccc(-c2ccc3c(c2)OCCO3)c1C#N. The monoisotopic (exact) mass is 708 g/mol. The Kier molecular flexibility index (Phi) is 12.6. The van der Waals surface area contributed by atoms with Gasteiger partial charge in [-0.15, -0.1) is 0 Å².